The molecule has 13 heavy (non-hydrogen) atoms. The van der Waals surface area contributed by atoms with Gasteiger partial charge in [0, 0.05) is 0 Å². The fourth-order valence-electron chi connectivity index (χ4n) is 0.966. The summed E-state index contributed by atoms with van der Waals surface area (Å²) in [5.74, 6) is 0. The number of para-hydroxylation sites is 1. The van der Waals surface area contributed by atoms with Crippen molar-refractivity contribution in [1.29, 1.82) is 0 Å². The van der Waals surface area contributed by atoms with Crippen molar-refractivity contribution in [2.75, 3.05) is 0 Å². The van der Waals surface area contributed by atoms with Crippen LogP contribution in [0.3, 0.4) is 0 Å². The van der Waals surface area contributed by atoms with E-state index >= 15 is 0 Å². The molecule has 1 aromatic heterocycles. The number of rotatable bonds is 1. The number of benzene rings is 1. The molecular formula is C8H4NO2S2-. The van der Waals surface area contributed by atoms with Crippen LogP contribution in [0.25, 0.3) is 10.2 Å². The van der Waals surface area contributed by atoms with Crippen LogP contribution in [0, 0.1) is 0 Å². The molecule has 0 aliphatic carbocycles. The minimum atomic E-state index is -1.17. The first-order chi connectivity index (χ1) is 6.25. The van der Waals surface area contributed by atoms with E-state index in [2.05, 4.69) is 4.98 Å². The number of thiazole rings is 1. The second-order valence-corrected chi connectivity index (χ2v) is 4.51. The lowest BCUT2D eigenvalue weighted by atomic mass is 10.3. The Labute approximate surface area is 82.4 Å². The molecule has 0 aliphatic heterocycles. The van der Waals surface area contributed by atoms with Crippen LogP contribution in [0.5, 0.6) is 0 Å². The lowest BCUT2D eigenvalue weighted by molar-refractivity contribution is -0.232. The van der Waals surface area contributed by atoms with E-state index in [9.17, 15) is 9.90 Å². The molecule has 0 spiro atoms. The lowest BCUT2D eigenvalue weighted by Gasteiger charge is -1.93. The molecule has 1 aromatic carbocycles. The number of carboxylic acid groups (broad SMARTS) is 1. The summed E-state index contributed by atoms with van der Waals surface area (Å²) >= 11 is 1.99. The zero-order chi connectivity index (χ0) is 9.26. The molecule has 0 saturated heterocycles. The first-order valence-electron chi connectivity index (χ1n) is 3.50. The molecule has 2 aromatic rings. The maximum absolute atomic E-state index is 10.3. The Morgan fingerprint density at radius 2 is 2.23 bits per heavy atom. The summed E-state index contributed by atoms with van der Waals surface area (Å²) in [5, 5.41) is 9.10. The van der Waals surface area contributed by atoms with Gasteiger partial charge in [-0.1, -0.05) is 12.1 Å². The van der Waals surface area contributed by atoms with Crippen molar-refractivity contribution in [3.63, 3.8) is 0 Å². The van der Waals surface area contributed by atoms with Crippen LogP contribution < -0.4 is 5.11 Å². The monoisotopic (exact) mass is 210 g/mol. The number of carbonyl (C=O) groups is 1. The topological polar surface area (TPSA) is 53.0 Å². The largest absolute Gasteiger partial charge is 0.538 e. The molecule has 0 radical (unpaired) electrons. The number of fused-ring (bicyclic) bond motifs is 1. The molecule has 0 atom stereocenters. The molecule has 0 aliphatic rings. The Kier molecular flexibility index (Phi) is 2.20. The fraction of sp³-hybridized carbons (Fsp3) is 0. The molecule has 0 fully saturated rings. The number of thioether (sulfide) groups is 1. The maximum Gasteiger partial charge on any atom is 0.157 e. The van der Waals surface area contributed by atoms with Gasteiger partial charge in [-0.15, -0.1) is 11.3 Å². The highest BCUT2D eigenvalue weighted by molar-refractivity contribution is 8.14. The first kappa shape index (κ1) is 8.52. The zero-order valence-corrected chi connectivity index (χ0v) is 8.02. The number of hydrogen-bond acceptors (Lipinski definition) is 5. The molecule has 0 bridgehead atoms. The Balaban J connectivity index is 2.44. The van der Waals surface area contributed by atoms with Crippen molar-refractivity contribution in [2.24, 2.45) is 0 Å². The quantitative estimate of drug-likeness (QED) is 0.673. The summed E-state index contributed by atoms with van der Waals surface area (Å²) in [4.78, 5) is 14.4. The molecule has 0 unspecified atom stereocenters. The number of aromatic nitrogens is 1. The lowest BCUT2D eigenvalue weighted by Crippen LogP contribution is -2.14. The Bertz CT molecular complexity index is 419. The molecule has 66 valence electrons. The van der Waals surface area contributed by atoms with Gasteiger partial charge in [0.15, 0.2) is 4.34 Å². The van der Waals surface area contributed by atoms with E-state index in [1.54, 1.807) is 0 Å². The van der Waals surface area contributed by atoms with Gasteiger partial charge in [0.05, 0.1) is 10.2 Å². The summed E-state index contributed by atoms with van der Waals surface area (Å²) in [7, 11) is 0. The van der Waals surface area contributed by atoms with Crippen molar-refractivity contribution in [2.45, 2.75) is 4.34 Å². The summed E-state index contributed by atoms with van der Waals surface area (Å²) in [6.45, 7) is 0. The van der Waals surface area contributed by atoms with E-state index in [0.29, 0.717) is 16.1 Å². The van der Waals surface area contributed by atoms with Crippen LogP contribution in [-0.2, 0) is 0 Å². The van der Waals surface area contributed by atoms with E-state index in [1.807, 2.05) is 24.3 Å². The van der Waals surface area contributed by atoms with Crippen LogP contribution in [0.4, 0.5) is 4.79 Å². The van der Waals surface area contributed by atoms with E-state index in [0.717, 1.165) is 10.2 Å². The summed E-state index contributed by atoms with van der Waals surface area (Å²) in [5.41, 5.74) is 0.830. The molecule has 0 saturated carbocycles. The maximum atomic E-state index is 10.3. The number of hydrogen-bond donors (Lipinski definition) is 0. The average molecular weight is 210 g/mol. The van der Waals surface area contributed by atoms with Crippen molar-refractivity contribution in [3.05, 3.63) is 24.3 Å². The molecule has 0 N–H and O–H groups in total. The van der Waals surface area contributed by atoms with Crippen LogP contribution >= 0.6 is 23.1 Å². The summed E-state index contributed by atoms with van der Waals surface area (Å²) in [6, 6.07) is 7.53. The minimum Gasteiger partial charge on any atom is -0.538 e. The highest BCUT2D eigenvalue weighted by Gasteiger charge is 2.02. The van der Waals surface area contributed by atoms with E-state index in [4.69, 9.17) is 0 Å². The second kappa shape index (κ2) is 3.35. The Morgan fingerprint density at radius 1 is 1.46 bits per heavy atom. The highest BCUT2D eigenvalue weighted by Crippen LogP contribution is 2.28. The van der Waals surface area contributed by atoms with Gasteiger partial charge < -0.3 is 9.90 Å². The standard InChI is InChI=1S/C8H5NO2S2/c10-8(11)13-7-9-5-3-1-2-4-6(5)12-7/h1-4H,(H,10,11)/p-1. The third-order valence-corrected chi connectivity index (χ3v) is 3.21. The van der Waals surface area contributed by atoms with E-state index < -0.39 is 5.30 Å². The molecule has 1 heterocycles. The molecule has 3 nitrogen and oxygen atoms in total. The second-order valence-electron chi connectivity index (χ2n) is 2.30. The van der Waals surface area contributed by atoms with Gasteiger partial charge in [-0.3, -0.25) is 0 Å². The molecule has 0 amide bonds. The molecule has 5 heteroatoms. The Morgan fingerprint density at radius 3 is 2.92 bits per heavy atom. The normalized spacial score (nSPS) is 10.5. The first-order valence-corrected chi connectivity index (χ1v) is 5.13. The van der Waals surface area contributed by atoms with E-state index in [-0.39, 0.29) is 0 Å². The zero-order valence-electron chi connectivity index (χ0n) is 6.39. The SMILES string of the molecule is O=C([O-])Sc1nc2ccccc2s1. The molecule has 2 rings (SSSR count). The summed E-state index contributed by atoms with van der Waals surface area (Å²) < 4.78 is 1.51. The van der Waals surface area contributed by atoms with Crippen molar-refractivity contribution in [3.8, 4) is 0 Å². The number of carbonyl (C=O) groups excluding carboxylic acids is 1. The average Bonchev–Trinajstić information content (AvgIpc) is 2.44. The smallest absolute Gasteiger partial charge is 0.157 e. The number of nitrogens with zero attached hydrogens (tertiary/aromatic N) is 1. The predicted octanol–water partition coefficient (Wildman–Crippen LogP) is 1.73. The van der Waals surface area contributed by atoms with E-state index in [1.165, 1.54) is 11.3 Å². The van der Waals surface area contributed by atoms with Crippen molar-refractivity contribution >= 4 is 38.6 Å². The van der Waals surface area contributed by atoms with Crippen molar-refractivity contribution < 1.29 is 9.90 Å². The highest BCUT2D eigenvalue weighted by atomic mass is 32.2. The summed E-state index contributed by atoms with van der Waals surface area (Å²) in [6.07, 6.45) is 0. The van der Waals surface area contributed by atoms with Gasteiger partial charge in [-0.2, -0.15) is 0 Å². The van der Waals surface area contributed by atoms with Gasteiger partial charge >= 0.3 is 0 Å². The van der Waals surface area contributed by atoms with Crippen LogP contribution in [0.1, 0.15) is 0 Å². The van der Waals surface area contributed by atoms with Crippen LogP contribution in [0.2, 0.25) is 0 Å². The fourth-order valence-corrected chi connectivity index (χ4v) is 2.59. The van der Waals surface area contributed by atoms with Gasteiger partial charge in [0.25, 0.3) is 0 Å². The predicted molar refractivity (Wildman–Crippen MR) is 50.9 cm³/mol. The molecular weight excluding hydrogens is 206 g/mol. The minimum absolute atomic E-state index is 0.515. The third kappa shape index (κ3) is 1.81. The Hall–Kier alpha value is -1.07. The van der Waals surface area contributed by atoms with Gasteiger partial charge in [-0.05, 0) is 23.9 Å². The van der Waals surface area contributed by atoms with Crippen LogP contribution in [-0.4, -0.2) is 10.3 Å². The van der Waals surface area contributed by atoms with Crippen LogP contribution in [0.15, 0.2) is 28.6 Å². The van der Waals surface area contributed by atoms with Gasteiger partial charge in [-0.25, -0.2) is 4.98 Å². The van der Waals surface area contributed by atoms with Gasteiger partial charge in [0.1, 0.15) is 5.30 Å². The third-order valence-electron chi connectivity index (χ3n) is 1.44. The van der Waals surface area contributed by atoms with Crippen molar-refractivity contribution in [1.82, 2.24) is 4.98 Å². The van der Waals surface area contributed by atoms with Gasteiger partial charge in [0.2, 0.25) is 0 Å².